The second-order valence-electron chi connectivity index (χ2n) is 7.30. The number of rotatable bonds is 6. The Labute approximate surface area is 154 Å². The molecule has 3 heteroatoms. The zero-order valence-corrected chi connectivity index (χ0v) is 15.4. The molecule has 1 fully saturated rings. The van der Waals surface area contributed by atoms with Gasteiger partial charge in [-0.3, -0.25) is 0 Å². The van der Waals surface area contributed by atoms with Gasteiger partial charge in [0.15, 0.2) is 0 Å². The predicted octanol–water partition coefficient (Wildman–Crippen LogP) is 5.86. The molecule has 2 aromatic rings. The number of nitrogens with zero attached hydrogens (tertiary/aromatic N) is 2. The van der Waals surface area contributed by atoms with Crippen molar-refractivity contribution in [2.24, 2.45) is 5.92 Å². The largest absolute Gasteiger partial charge is 0.245 e. The van der Waals surface area contributed by atoms with Gasteiger partial charge in [-0.05, 0) is 61.6 Å². The third-order valence-electron chi connectivity index (χ3n) is 5.35. The topological polar surface area (TPSA) is 36.7 Å². The van der Waals surface area contributed by atoms with E-state index >= 15 is 0 Å². The Balaban J connectivity index is 1.61. The first-order chi connectivity index (χ1) is 12.3. The first-order valence-electron chi connectivity index (χ1n) is 9.48. The highest BCUT2D eigenvalue weighted by molar-refractivity contribution is 7.99. The SMILES string of the molecule is N#Cc1cc2c(nc1S[C@H](CCC1CC1)c1ccccc1)CCCC2. The third-order valence-corrected chi connectivity index (χ3v) is 6.67. The zero-order valence-electron chi connectivity index (χ0n) is 14.6. The fourth-order valence-electron chi connectivity index (χ4n) is 3.67. The van der Waals surface area contributed by atoms with E-state index in [0.29, 0.717) is 5.25 Å². The van der Waals surface area contributed by atoms with Gasteiger partial charge in [0.05, 0.1) is 5.56 Å². The van der Waals surface area contributed by atoms with Crippen LogP contribution in [0, 0.1) is 17.2 Å². The normalized spacial score (nSPS) is 17.6. The van der Waals surface area contributed by atoms with Gasteiger partial charge in [-0.15, -0.1) is 0 Å². The Bertz CT molecular complexity index is 775. The summed E-state index contributed by atoms with van der Waals surface area (Å²) in [5.41, 5.74) is 4.64. The van der Waals surface area contributed by atoms with Crippen molar-refractivity contribution in [1.29, 1.82) is 5.26 Å². The molecular weight excluding hydrogens is 324 g/mol. The maximum Gasteiger partial charge on any atom is 0.115 e. The number of thioether (sulfide) groups is 1. The minimum atomic E-state index is 0.392. The van der Waals surface area contributed by atoms with Crippen LogP contribution in [0.4, 0.5) is 0 Å². The van der Waals surface area contributed by atoms with Crippen LogP contribution < -0.4 is 0 Å². The second-order valence-corrected chi connectivity index (χ2v) is 8.50. The van der Waals surface area contributed by atoms with E-state index in [9.17, 15) is 5.26 Å². The number of aryl methyl sites for hydroxylation is 2. The molecule has 1 heterocycles. The molecular formula is C22H24N2S. The van der Waals surface area contributed by atoms with Gasteiger partial charge in [-0.2, -0.15) is 5.26 Å². The van der Waals surface area contributed by atoms with Gasteiger partial charge in [0.25, 0.3) is 0 Å². The van der Waals surface area contributed by atoms with Crippen LogP contribution in [0.2, 0.25) is 0 Å². The molecule has 2 aliphatic carbocycles. The lowest BCUT2D eigenvalue weighted by Gasteiger charge is -2.20. The lowest BCUT2D eigenvalue weighted by Crippen LogP contribution is -2.08. The first kappa shape index (κ1) is 16.7. The predicted molar refractivity (Wildman–Crippen MR) is 103 cm³/mol. The van der Waals surface area contributed by atoms with Crippen LogP contribution >= 0.6 is 11.8 Å². The van der Waals surface area contributed by atoms with Crippen LogP contribution in [0.5, 0.6) is 0 Å². The Kier molecular flexibility index (Phi) is 5.08. The van der Waals surface area contributed by atoms with Crippen LogP contribution in [-0.4, -0.2) is 4.98 Å². The Morgan fingerprint density at radius 2 is 1.96 bits per heavy atom. The summed E-state index contributed by atoms with van der Waals surface area (Å²) in [4.78, 5) is 4.93. The third kappa shape index (κ3) is 4.07. The van der Waals surface area contributed by atoms with Crippen molar-refractivity contribution < 1.29 is 0 Å². The van der Waals surface area contributed by atoms with Crippen molar-refractivity contribution in [3.05, 3.63) is 58.8 Å². The Morgan fingerprint density at radius 1 is 1.16 bits per heavy atom. The lowest BCUT2D eigenvalue weighted by atomic mass is 9.95. The molecule has 0 bridgehead atoms. The quantitative estimate of drug-likeness (QED) is 0.614. The number of nitriles is 1. The molecule has 0 amide bonds. The fourth-order valence-corrected chi connectivity index (χ4v) is 4.89. The summed E-state index contributed by atoms with van der Waals surface area (Å²) in [6, 6.07) is 15.2. The minimum absolute atomic E-state index is 0.392. The van der Waals surface area contributed by atoms with Gasteiger partial charge in [0.1, 0.15) is 11.1 Å². The molecule has 0 unspecified atom stereocenters. The van der Waals surface area contributed by atoms with Crippen LogP contribution in [0.15, 0.2) is 41.4 Å². The van der Waals surface area contributed by atoms with Gasteiger partial charge >= 0.3 is 0 Å². The molecule has 1 aromatic carbocycles. The summed E-state index contributed by atoms with van der Waals surface area (Å²) in [7, 11) is 0. The molecule has 0 saturated heterocycles. The highest BCUT2D eigenvalue weighted by Gasteiger charge is 2.25. The molecule has 0 N–H and O–H groups in total. The highest BCUT2D eigenvalue weighted by Crippen LogP contribution is 2.43. The van der Waals surface area contributed by atoms with Crippen molar-refractivity contribution in [1.82, 2.24) is 4.98 Å². The van der Waals surface area contributed by atoms with E-state index in [2.05, 4.69) is 42.5 Å². The molecule has 1 saturated carbocycles. The molecule has 128 valence electrons. The number of aromatic nitrogens is 1. The Morgan fingerprint density at radius 3 is 2.72 bits per heavy atom. The van der Waals surface area contributed by atoms with E-state index < -0.39 is 0 Å². The summed E-state index contributed by atoms with van der Waals surface area (Å²) < 4.78 is 0. The van der Waals surface area contributed by atoms with Crippen LogP contribution in [-0.2, 0) is 12.8 Å². The zero-order chi connectivity index (χ0) is 17.1. The van der Waals surface area contributed by atoms with Crippen molar-refractivity contribution in [2.75, 3.05) is 0 Å². The van der Waals surface area contributed by atoms with Crippen LogP contribution in [0.25, 0.3) is 0 Å². The summed E-state index contributed by atoms with van der Waals surface area (Å²) >= 11 is 1.80. The Hall–Kier alpha value is -1.79. The standard InChI is InChI=1S/C22H24N2S/c23-15-19-14-18-8-4-5-9-20(18)24-22(19)25-21(13-12-16-10-11-16)17-6-2-1-3-7-17/h1-3,6-7,14,16,21H,4-5,8-13H2/t21-/m1/s1. The molecule has 0 aliphatic heterocycles. The molecule has 2 aliphatic rings. The molecule has 0 spiro atoms. The molecule has 1 aromatic heterocycles. The molecule has 4 rings (SSSR count). The lowest BCUT2D eigenvalue weighted by molar-refractivity contribution is 0.652. The second kappa shape index (κ2) is 7.62. The molecule has 2 nitrogen and oxygen atoms in total. The molecule has 25 heavy (non-hydrogen) atoms. The number of hydrogen-bond donors (Lipinski definition) is 0. The van der Waals surface area contributed by atoms with E-state index in [0.717, 1.165) is 29.3 Å². The molecule has 0 radical (unpaired) electrons. The van der Waals surface area contributed by atoms with Crippen molar-refractivity contribution in [3.63, 3.8) is 0 Å². The first-order valence-corrected chi connectivity index (χ1v) is 10.4. The molecule has 1 atom stereocenters. The number of benzene rings is 1. The summed E-state index contributed by atoms with van der Waals surface area (Å²) in [5.74, 6) is 0.929. The van der Waals surface area contributed by atoms with E-state index in [-0.39, 0.29) is 0 Å². The van der Waals surface area contributed by atoms with Gasteiger partial charge in [-0.25, -0.2) is 4.98 Å². The van der Waals surface area contributed by atoms with Crippen molar-refractivity contribution in [3.8, 4) is 6.07 Å². The highest BCUT2D eigenvalue weighted by atomic mass is 32.2. The monoisotopic (exact) mass is 348 g/mol. The van der Waals surface area contributed by atoms with Crippen molar-refractivity contribution >= 4 is 11.8 Å². The van der Waals surface area contributed by atoms with Gasteiger partial charge in [0.2, 0.25) is 0 Å². The number of fused-ring (bicyclic) bond motifs is 1. The average molecular weight is 349 g/mol. The summed E-state index contributed by atoms with van der Waals surface area (Å²) in [6.45, 7) is 0. The summed E-state index contributed by atoms with van der Waals surface area (Å²) in [6.07, 6.45) is 9.83. The van der Waals surface area contributed by atoms with Crippen LogP contribution in [0.1, 0.15) is 66.2 Å². The minimum Gasteiger partial charge on any atom is -0.245 e. The smallest absolute Gasteiger partial charge is 0.115 e. The average Bonchev–Trinajstić information content (AvgIpc) is 3.49. The number of pyridine rings is 1. The van der Waals surface area contributed by atoms with Crippen LogP contribution in [0.3, 0.4) is 0 Å². The van der Waals surface area contributed by atoms with Gasteiger partial charge in [-0.1, -0.05) is 54.9 Å². The van der Waals surface area contributed by atoms with Crippen molar-refractivity contribution in [2.45, 2.75) is 61.6 Å². The fraction of sp³-hybridized carbons (Fsp3) is 0.455. The van der Waals surface area contributed by atoms with Gasteiger partial charge in [0, 0.05) is 10.9 Å². The van der Waals surface area contributed by atoms with E-state index in [1.165, 1.54) is 55.3 Å². The number of hydrogen-bond acceptors (Lipinski definition) is 3. The summed E-state index contributed by atoms with van der Waals surface area (Å²) in [5, 5.41) is 11.0. The maximum atomic E-state index is 9.63. The van der Waals surface area contributed by atoms with E-state index in [4.69, 9.17) is 4.98 Å². The maximum absolute atomic E-state index is 9.63. The van der Waals surface area contributed by atoms with E-state index in [1.807, 2.05) is 0 Å². The van der Waals surface area contributed by atoms with E-state index in [1.54, 1.807) is 11.8 Å². The van der Waals surface area contributed by atoms with Gasteiger partial charge < -0.3 is 0 Å².